The van der Waals surface area contributed by atoms with Gasteiger partial charge in [0, 0.05) is 0 Å². The summed E-state index contributed by atoms with van der Waals surface area (Å²) in [5.41, 5.74) is 0.314. The Kier molecular flexibility index (Phi) is 4.30. The highest BCUT2D eigenvalue weighted by atomic mass is 32.2. The van der Waals surface area contributed by atoms with Crippen molar-refractivity contribution in [2.75, 3.05) is 5.75 Å². The smallest absolute Gasteiger partial charge is 0.181 e. The van der Waals surface area contributed by atoms with Gasteiger partial charge in [-0.05, 0) is 29.6 Å². The highest BCUT2D eigenvalue weighted by Gasteiger charge is 2.07. The number of nitrogens with zero attached hydrogens (tertiary/aromatic N) is 5. The number of aromatic nitrogens is 4. The number of rotatable bonds is 4. The molecule has 0 aromatic carbocycles. The second-order valence-corrected chi connectivity index (χ2v) is 6.49. The first kappa shape index (κ1) is 12.3. The zero-order valence-corrected chi connectivity index (χ0v) is 11.3. The van der Waals surface area contributed by atoms with Gasteiger partial charge in [0.2, 0.25) is 0 Å². The van der Waals surface area contributed by atoms with Crippen LogP contribution >= 0.6 is 34.9 Å². The molecule has 8 heteroatoms. The van der Waals surface area contributed by atoms with Crippen LogP contribution in [0.25, 0.3) is 0 Å². The quantitative estimate of drug-likeness (QED) is 0.797. The molecule has 0 aliphatic carbocycles. The van der Waals surface area contributed by atoms with Gasteiger partial charge in [0.05, 0.1) is 0 Å². The van der Waals surface area contributed by atoms with E-state index >= 15 is 0 Å². The fourth-order valence-electron chi connectivity index (χ4n) is 0.944. The Morgan fingerprint density at radius 3 is 2.71 bits per heavy atom. The monoisotopic (exact) mass is 281 g/mol. The van der Waals surface area contributed by atoms with E-state index in [1.165, 1.54) is 23.1 Å². The maximum absolute atomic E-state index is 8.60. The van der Waals surface area contributed by atoms with Crippen LogP contribution in [0.4, 0.5) is 0 Å². The molecule has 0 atom stereocenters. The Bertz CT molecular complexity index is 530. The van der Waals surface area contributed by atoms with Gasteiger partial charge in [-0.2, -0.15) is 5.26 Å². The van der Waals surface area contributed by atoms with Gasteiger partial charge in [0.25, 0.3) is 0 Å². The fourth-order valence-corrected chi connectivity index (χ4v) is 3.72. The molecule has 0 radical (unpaired) electrons. The Labute approximate surface area is 111 Å². The van der Waals surface area contributed by atoms with Crippen molar-refractivity contribution < 1.29 is 0 Å². The van der Waals surface area contributed by atoms with E-state index in [4.69, 9.17) is 5.26 Å². The molecule has 17 heavy (non-hydrogen) atoms. The number of hydrogen-bond acceptors (Lipinski definition) is 8. The van der Waals surface area contributed by atoms with Crippen LogP contribution in [-0.2, 0) is 0 Å². The van der Waals surface area contributed by atoms with Crippen molar-refractivity contribution in [1.29, 1.82) is 5.26 Å². The molecule has 86 valence electrons. The molecule has 0 amide bonds. The highest BCUT2D eigenvalue weighted by Crippen LogP contribution is 2.31. The zero-order chi connectivity index (χ0) is 12.1. The molecule has 0 unspecified atom stereocenters. The summed E-state index contributed by atoms with van der Waals surface area (Å²) in [6.07, 6.45) is 0. The van der Waals surface area contributed by atoms with Crippen LogP contribution in [0.1, 0.15) is 12.6 Å². The molecule has 5 nitrogen and oxygen atoms in total. The molecule has 0 aliphatic rings. The number of hydrogen-bond donors (Lipinski definition) is 0. The summed E-state index contributed by atoms with van der Waals surface area (Å²) in [7, 11) is 0. The zero-order valence-electron chi connectivity index (χ0n) is 8.82. The standard InChI is InChI=1S/C9H7N5S3/c1-2-15-8-13-14-9(17-8)16-7-4-3-6(5-10)11-12-7/h3-4H,2H2,1H3. The van der Waals surface area contributed by atoms with Gasteiger partial charge < -0.3 is 0 Å². The van der Waals surface area contributed by atoms with Crippen LogP contribution in [0.2, 0.25) is 0 Å². The maximum Gasteiger partial charge on any atom is 0.181 e. The van der Waals surface area contributed by atoms with Gasteiger partial charge in [-0.3, -0.25) is 0 Å². The lowest BCUT2D eigenvalue weighted by atomic mass is 10.4. The molecule has 0 saturated carbocycles. The molecule has 0 bridgehead atoms. The normalized spacial score (nSPS) is 10.1. The maximum atomic E-state index is 8.60. The van der Waals surface area contributed by atoms with E-state index in [0.717, 1.165) is 14.4 Å². The highest BCUT2D eigenvalue weighted by molar-refractivity contribution is 8.03. The molecule has 2 rings (SSSR count). The van der Waals surface area contributed by atoms with E-state index in [0.29, 0.717) is 10.7 Å². The van der Waals surface area contributed by atoms with Crippen LogP contribution in [0, 0.1) is 11.3 Å². The first-order valence-corrected chi connectivity index (χ1v) is 7.31. The summed E-state index contributed by atoms with van der Waals surface area (Å²) >= 11 is 4.60. The van der Waals surface area contributed by atoms with E-state index in [-0.39, 0.29) is 0 Å². The third-order valence-electron chi connectivity index (χ3n) is 1.60. The van der Waals surface area contributed by atoms with E-state index in [9.17, 15) is 0 Å². The number of thioether (sulfide) groups is 1. The van der Waals surface area contributed by atoms with E-state index in [1.54, 1.807) is 23.9 Å². The average molecular weight is 281 g/mol. The molecule has 2 aromatic heterocycles. The Hall–Kier alpha value is -1.17. The van der Waals surface area contributed by atoms with Crippen molar-refractivity contribution in [3.63, 3.8) is 0 Å². The van der Waals surface area contributed by atoms with Gasteiger partial charge in [-0.25, -0.2) is 0 Å². The van der Waals surface area contributed by atoms with Crippen LogP contribution < -0.4 is 0 Å². The lowest BCUT2D eigenvalue weighted by molar-refractivity contribution is 0.908. The van der Waals surface area contributed by atoms with Crippen molar-refractivity contribution in [3.8, 4) is 6.07 Å². The second kappa shape index (κ2) is 5.95. The predicted octanol–water partition coefficient (Wildman–Crippen LogP) is 2.46. The minimum absolute atomic E-state index is 0.314. The Balaban J connectivity index is 2.06. The predicted molar refractivity (Wildman–Crippen MR) is 67.2 cm³/mol. The Morgan fingerprint density at radius 1 is 1.24 bits per heavy atom. The molecule has 2 heterocycles. The first-order chi connectivity index (χ1) is 8.31. The van der Waals surface area contributed by atoms with Crippen LogP contribution in [0.3, 0.4) is 0 Å². The number of nitriles is 1. The Morgan fingerprint density at radius 2 is 2.06 bits per heavy atom. The largest absolute Gasteiger partial charge is 0.191 e. The minimum atomic E-state index is 0.314. The summed E-state index contributed by atoms with van der Waals surface area (Å²) in [6, 6.07) is 5.32. The third kappa shape index (κ3) is 3.39. The summed E-state index contributed by atoms with van der Waals surface area (Å²) < 4.78 is 1.79. The van der Waals surface area contributed by atoms with Crippen LogP contribution in [0.15, 0.2) is 25.8 Å². The van der Waals surface area contributed by atoms with Crippen LogP contribution in [0.5, 0.6) is 0 Å². The van der Waals surface area contributed by atoms with Gasteiger partial charge >= 0.3 is 0 Å². The molecule has 0 saturated heterocycles. The lowest BCUT2D eigenvalue weighted by Gasteiger charge is -1.93. The van der Waals surface area contributed by atoms with Gasteiger partial charge in [-0.1, -0.05) is 30.0 Å². The third-order valence-corrected chi connectivity index (χ3v) is 4.52. The van der Waals surface area contributed by atoms with Crippen molar-refractivity contribution in [1.82, 2.24) is 20.4 Å². The average Bonchev–Trinajstić information content (AvgIpc) is 2.78. The van der Waals surface area contributed by atoms with Gasteiger partial charge in [-0.15, -0.1) is 20.4 Å². The lowest BCUT2D eigenvalue weighted by Crippen LogP contribution is -1.88. The molecule has 0 aliphatic heterocycles. The van der Waals surface area contributed by atoms with Crippen molar-refractivity contribution in [3.05, 3.63) is 17.8 Å². The first-order valence-electron chi connectivity index (χ1n) is 4.70. The molecule has 0 N–H and O–H groups in total. The molecular weight excluding hydrogens is 274 g/mol. The second-order valence-electron chi connectivity index (χ2n) is 2.74. The van der Waals surface area contributed by atoms with E-state index < -0.39 is 0 Å². The van der Waals surface area contributed by atoms with Gasteiger partial charge in [0.15, 0.2) is 14.4 Å². The van der Waals surface area contributed by atoms with Crippen molar-refractivity contribution >= 4 is 34.9 Å². The molecule has 0 spiro atoms. The van der Waals surface area contributed by atoms with Crippen molar-refractivity contribution in [2.24, 2.45) is 0 Å². The SMILES string of the molecule is CCSc1nnc(Sc2ccc(C#N)nn2)s1. The van der Waals surface area contributed by atoms with Gasteiger partial charge in [0.1, 0.15) is 11.1 Å². The summed E-state index contributed by atoms with van der Waals surface area (Å²) in [6.45, 7) is 2.07. The van der Waals surface area contributed by atoms with Crippen LogP contribution in [-0.4, -0.2) is 26.1 Å². The fraction of sp³-hybridized carbons (Fsp3) is 0.222. The summed E-state index contributed by atoms with van der Waals surface area (Å²) in [5, 5.41) is 25.1. The van der Waals surface area contributed by atoms with Crippen molar-refractivity contribution in [2.45, 2.75) is 20.6 Å². The van der Waals surface area contributed by atoms with E-state index in [1.807, 2.05) is 6.07 Å². The topological polar surface area (TPSA) is 75.3 Å². The molecule has 0 fully saturated rings. The minimum Gasteiger partial charge on any atom is -0.191 e. The summed E-state index contributed by atoms with van der Waals surface area (Å²) in [5.74, 6) is 0.982. The summed E-state index contributed by atoms with van der Waals surface area (Å²) in [4.78, 5) is 0. The molecule has 2 aromatic rings. The molecular formula is C9H7N5S3. The van der Waals surface area contributed by atoms with E-state index in [2.05, 4.69) is 27.3 Å².